The molecule has 0 radical (unpaired) electrons. The Labute approximate surface area is 106 Å². The molecular weight excluding hydrogens is 226 g/mol. The molecule has 2 aromatic rings. The molecular formula is C14H17N3O. The average Bonchev–Trinajstić information content (AvgIpc) is 2.38. The number of hydrogen-bond donors (Lipinski definition) is 2. The van der Waals surface area contributed by atoms with Gasteiger partial charge in [-0.3, -0.25) is 9.78 Å². The number of amides is 1. The van der Waals surface area contributed by atoms with Crippen LogP contribution in [0.1, 0.15) is 20.3 Å². The summed E-state index contributed by atoms with van der Waals surface area (Å²) in [6.07, 6.45) is 2.34. The molecule has 0 spiro atoms. The fraction of sp³-hybridized carbons (Fsp3) is 0.286. The molecule has 0 saturated heterocycles. The summed E-state index contributed by atoms with van der Waals surface area (Å²) >= 11 is 0. The van der Waals surface area contributed by atoms with Crippen molar-refractivity contribution in [1.29, 1.82) is 0 Å². The number of rotatable bonds is 3. The van der Waals surface area contributed by atoms with Crippen molar-refractivity contribution >= 4 is 22.5 Å². The van der Waals surface area contributed by atoms with E-state index in [0.29, 0.717) is 6.42 Å². The number of fused-ring (bicyclic) bond motifs is 1. The van der Waals surface area contributed by atoms with Crippen LogP contribution in [0.2, 0.25) is 0 Å². The van der Waals surface area contributed by atoms with Crippen molar-refractivity contribution in [3.63, 3.8) is 0 Å². The lowest BCUT2D eigenvalue weighted by atomic mass is 9.99. The van der Waals surface area contributed by atoms with Gasteiger partial charge in [-0.05, 0) is 37.6 Å². The molecule has 0 saturated carbocycles. The lowest BCUT2D eigenvalue weighted by molar-refractivity contribution is -0.120. The molecule has 4 heteroatoms. The summed E-state index contributed by atoms with van der Waals surface area (Å²) in [7, 11) is 0. The highest BCUT2D eigenvalue weighted by Crippen LogP contribution is 2.18. The highest BCUT2D eigenvalue weighted by molar-refractivity contribution is 5.99. The molecule has 0 aliphatic rings. The first-order valence-electron chi connectivity index (χ1n) is 5.98. The summed E-state index contributed by atoms with van der Waals surface area (Å²) in [4.78, 5) is 16.2. The van der Waals surface area contributed by atoms with Crippen molar-refractivity contribution in [2.24, 2.45) is 5.73 Å². The first-order chi connectivity index (χ1) is 8.53. The summed E-state index contributed by atoms with van der Waals surface area (Å²) in [5.74, 6) is -0.173. The second-order valence-electron chi connectivity index (χ2n) is 4.64. The van der Waals surface area contributed by atoms with E-state index < -0.39 is 5.54 Å². The van der Waals surface area contributed by atoms with Crippen molar-refractivity contribution in [3.05, 3.63) is 36.5 Å². The lowest BCUT2D eigenvalue weighted by Gasteiger charge is -2.21. The van der Waals surface area contributed by atoms with Gasteiger partial charge in [-0.1, -0.05) is 13.0 Å². The molecule has 94 valence electrons. The molecule has 0 fully saturated rings. The van der Waals surface area contributed by atoms with Crippen molar-refractivity contribution in [1.82, 2.24) is 4.98 Å². The summed E-state index contributed by atoms with van der Waals surface area (Å²) in [6, 6.07) is 9.43. The maximum Gasteiger partial charge on any atom is 0.244 e. The zero-order valence-electron chi connectivity index (χ0n) is 10.6. The smallest absolute Gasteiger partial charge is 0.244 e. The Bertz CT molecular complexity index is 578. The molecule has 0 aliphatic heterocycles. The van der Waals surface area contributed by atoms with Crippen LogP contribution >= 0.6 is 0 Å². The molecule has 3 N–H and O–H groups in total. The minimum Gasteiger partial charge on any atom is -0.324 e. The topological polar surface area (TPSA) is 68.0 Å². The molecule has 1 amide bonds. The third-order valence-corrected chi connectivity index (χ3v) is 3.11. The largest absolute Gasteiger partial charge is 0.324 e. The van der Waals surface area contributed by atoms with Gasteiger partial charge in [0, 0.05) is 17.3 Å². The van der Waals surface area contributed by atoms with E-state index in [-0.39, 0.29) is 5.91 Å². The number of nitrogens with two attached hydrogens (primary N) is 1. The molecule has 1 heterocycles. The number of carbonyl (C=O) groups excluding carboxylic acids is 1. The van der Waals surface area contributed by atoms with Crippen LogP contribution in [0.5, 0.6) is 0 Å². The van der Waals surface area contributed by atoms with Crippen LogP contribution in [-0.4, -0.2) is 16.4 Å². The molecule has 0 bridgehead atoms. The molecule has 1 atom stereocenters. The number of pyridine rings is 1. The number of nitrogens with one attached hydrogen (secondary N) is 1. The maximum atomic E-state index is 11.9. The summed E-state index contributed by atoms with van der Waals surface area (Å²) in [5, 5.41) is 3.82. The van der Waals surface area contributed by atoms with Gasteiger partial charge in [-0.15, -0.1) is 0 Å². The number of hydrogen-bond acceptors (Lipinski definition) is 3. The van der Waals surface area contributed by atoms with Gasteiger partial charge in [-0.25, -0.2) is 0 Å². The average molecular weight is 243 g/mol. The molecule has 1 aromatic heterocycles. The molecule has 4 nitrogen and oxygen atoms in total. The third-order valence-electron chi connectivity index (χ3n) is 3.11. The van der Waals surface area contributed by atoms with Gasteiger partial charge in [0.25, 0.3) is 0 Å². The fourth-order valence-electron chi connectivity index (χ4n) is 1.59. The Hall–Kier alpha value is -1.94. The second kappa shape index (κ2) is 4.74. The van der Waals surface area contributed by atoms with E-state index >= 15 is 0 Å². The van der Waals surface area contributed by atoms with E-state index in [4.69, 9.17) is 5.73 Å². The van der Waals surface area contributed by atoms with E-state index in [2.05, 4.69) is 10.3 Å². The first-order valence-corrected chi connectivity index (χ1v) is 5.98. The van der Waals surface area contributed by atoms with Crippen molar-refractivity contribution in [2.45, 2.75) is 25.8 Å². The Morgan fingerprint density at radius 2 is 2.22 bits per heavy atom. The monoisotopic (exact) mass is 243 g/mol. The Morgan fingerprint density at radius 3 is 2.94 bits per heavy atom. The van der Waals surface area contributed by atoms with Gasteiger partial charge in [0.2, 0.25) is 5.91 Å². The van der Waals surface area contributed by atoms with Crippen LogP contribution in [0.25, 0.3) is 10.9 Å². The van der Waals surface area contributed by atoms with Gasteiger partial charge in [0.05, 0.1) is 11.1 Å². The third kappa shape index (κ3) is 2.49. The van der Waals surface area contributed by atoms with E-state index in [1.807, 2.05) is 37.3 Å². The maximum absolute atomic E-state index is 11.9. The second-order valence-corrected chi connectivity index (χ2v) is 4.64. The van der Waals surface area contributed by atoms with Crippen LogP contribution in [0.3, 0.4) is 0 Å². The van der Waals surface area contributed by atoms with Gasteiger partial charge < -0.3 is 11.1 Å². The summed E-state index contributed by atoms with van der Waals surface area (Å²) < 4.78 is 0. The van der Waals surface area contributed by atoms with Crippen LogP contribution < -0.4 is 11.1 Å². The summed E-state index contributed by atoms with van der Waals surface area (Å²) in [5.41, 5.74) is 6.70. The number of benzene rings is 1. The van der Waals surface area contributed by atoms with Crippen molar-refractivity contribution in [2.75, 3.05) is 5.32 Å². The van der Waals surface area contributed by atoms with E-state index in [9.17, 15) is 4.79 Å². The number of nitrogens with zero attached hydrogens (tertiary/aromatic N) is 1. The Kier molecular flexibility index (Phi) is 3.30. The van der Waals surface area contributed by atoms with Gasteiger partial charge >= 0.3 is 0 Å². The molecule has 2 rings (SSSR count). The zero-order chi connectivity index (χ0) is 13.2. The predicted octanol–water partition coefficient (Wildman–Crippen LogP) is 2.30. The SMILES string of the molecule is CCC(C)(N)C(=O)Nc1ccc2ncccc2c1. The molecule has 18 heavy (non-hydrogen) atoms. The van der Waals surface area contributed by atoms with Gasteiger partial charge in [0.1, 0.15) is 0 Å². The zero-order valence-corrected chi connectivity index (χ0v) is 10.6. The van der Waals surface area contributed by atoms with E-state index in [0.717, 1.165) is 16.6 Å². The standard InChI is InChI=1S/C14H17N3O/c1-3-14(2,15)13(18)17-11-6-7-12-10(9-11)5-4-8-16-12/h4-9H,3,15H2,1-2H3,(H,17,18). The van der Waals surface area contributed by atoms with Gasteiger partial charge in [0.15, 0.2) is 0 Å². The number of aromatic nitrogens is 1. The van der Waals surface area contributed by atoms with Crippen LogP contribution in [0.4, 0.5) is 5.69 Å². The van der Waals surface area contributed by atoms with Crippen LogP contribution in [0, 0.1) is 0 Å². The van der Waals surface area contributed by atoms with Crippen molar-refractivity contribution < 1.29 is 4.79 Å². The minimum absolute atomic E-state index is 0.173. The lowest BCUT2D eigenvalue weighted by Crippen LogP contribution is -2.47. The number of carbonyl (C=O) groups is 1. The normalized spacial score (nSPS) is 14.2. The van der Waals surface area contributed by atoms with Gasteiger partial charge in [-0.2, -0.15) is 0 Å². The number of anilines is 1. The quantitative estimate of drug-likeness (QED) is 0.869. The Morgan fingerprint density at radius 1 is 1.44 bits per heavy atom. The van der Waals surface area contributed by atoms with Crippen molar-refractivity contribution in [3.8, 4) is 0 Å². The Balaban J connectivity index is 2.25. The van der Waals surface area contributed by atoms with E-state index in [1.165, 1.54) is 0 Å². The minimum atomic E-state index is -0.843. The van der Waals surface area contributed by atoms with Crippen LogP contribution in [0.15, 0.2) is 36.5 Å². The predicted molar refractivity (Wildman–Crippen MR) is 73.3 cm³/mol. The molecule has 1 aromatic carbocycles. The fourth-order valence-corrected chi connectivity index (χ4v) is 1.59. The molecule has 1 unspecified atom stereocenters. The highest BCUT2D eigenvalue weighted by atomic mass is 16.2. The highest BCUT2D eigenvalue weighted by Gasteiger charge is 2.25. The summed E-state index contributed by atoms with van der Waals surface area (Å²) in [6.45, 7) is 3.62. The first kappa shape index (κ1) is 12.5. The van der Waals surface area contributed by atoms with E-state index in [1.54, 1.807) is 13.1 Å². The van der Waals surface area contributed by atoms with Crippen LogP contribution in [-0.2, 0) is 4.79 Å². The molecule has 0 aliphatic carbocycles.